The van der Waals surface area contributed by atoms with Gasteiger partial charge in [0.15, 0.2) is 0 Å². The van der Waals surface area contributed by atoms with Crippen LogP contribution in [-0.2, 0) is 10.0 Å². The number of nitrogens with zero attached hydrogens (tertiary/aromatic N) is 2. The van der Waals surface area contributed by atoms with Gasteiger partial charge in [-0.05, 0) is 45.0 Å². The Balaban J connectivity index is 2.11. The molecule has 0 spiro atoms. The van der Waals surface area contributed by atoms with Crippen LogP contribution < -0.4 is 5.73 Å². The molecule has 20 heavy (non-hydrogen) atoms. The molecule has 2 N–H and O–H groups in total. The van der Waals surface area contributed by atoms with E-state index < -0.39 is 10.0 Å². The van der Waals surface area contributed by atoms with E-state index in [0.717, 1.165) is 13.1 Å². The first-order chi connectivity index (χ1) is 9.21. The summed E-state index contributed by atoms with van der Waals surface area (Å²) in [5, 5.41) is 0. The smallest absolute Gasteiger partial charge is 0.243 e. The molecule has 0 radical (unpaired) electrons. The fourth-order valence-electron chi connectivity index (χ4n) is 2.39. The normalized spacial score (nSPS) is 19.1. The van der Waals surface area contributed by atoms with Crippen LogP contribution in [0, 0.1) is 0 Å². The van der Waals surface area contributed by atoms with Crippen molar-refractivity contribution in [1.29, 1.82) is 0 Å². The summed E-state index contributed by atoms with van der Waals surface area (Å²) in [6.45, 7) is 9.04. The van der Waals surface area contributed by atoms with Gasteiger partial charge in [0.2, 0.25) is 10.0 Å². The molecule has 0 amide bonds. The van der Waals surface area contributed by atoms with Crippen LogP contribution in [0.5, 0.6) is 0 Å². The van der Waals surface area contributed by atoms with Gasteiger partial charge in [-0.25, -0.2) is 8.42 Å². The quantitative estimate of drug-likeness (QED) is 0.837. The lowest BCUT2D eigenvalue weighted by Crippen LogP contribution is -2.54. The zero-order valence-corrected chi connectivity index (χ0v) is 13.2. The summed E-state index contributed by atoms with van der Waals surface area (Å²) in [6, 6.07) is 6.39. The largest absolute Gasteiger partial charge is 0.399 e. The lowest BCUT2D eigenvalue weighted by atomic mass is 10.1. The second-order valence-electron chi connectivity index (χ2n) is 6.13. The Kier molecular flexibility index (Phi) is 4.09. The molecule has 2 rings (SSSR count). The highest BCUT2D eigenvalue weighted by molar-refractivity contribution is 7.89. The van der Waals surface area contributed by atoms with Crippen LogP contribution in [0.2, 0.25) is 0 Å². The Morgan fingerprint density at radius 1 is 1.00 bits per heavy atom. The van der Waals surface area contributed by atoms with Gasteiger partial charge in [0.05, 0.1) is 4.90 Å². The molecular weight excluding hydrogens is 274 g/mol. The standard InChI is InChI=1S/C14H23N3O2S/c1-14(2,3)16-8-10-17(11-9-16)20(18,19)13-6-4-12(15)5-7-13/h4-7H,8-11,15H2,1-3H3. The van der Waals surface area contributed by atoms with Crippen LogP contribution in [0.1, 0.15) is 20.8 Å². The molecule has 1 fully saturated rings. The zero-order chi connectivity index (χ0) is 15.0. The predicted octanol–water partition coefficient (Wildman–Crippen LogP) is 1.37. The summed E-state index contributed by atoms with van der Waals surface area (Å²) < 4.78 is 26.6. The van der Waals surface area contributed by atoms with E-state index in [1.54, 1.807) is 28.6 Å². The molecule has 0 atom stereocenters. The van der Waals surface area contributed by atoms with Crippen molar-refractivity contribution in [1.82, 2.24) is 9.21 Å². The van der Waals surface area contributed by atoms with E-state index in [-0.39, 0.29) is 5.54 Å². The van der Waals surface area contributed by atoms with Gasteiger partial charge in [-0.3, -0.25) is 4.90 Å². The molecule has 112 valence electrons. The fourth-order valence-corrected chi connectivity index (χ4v) is 3.81. The molecular formula is C14H23N3O2S. The van der Waals surface area contributed by atoms with E-state index in [1.807, 2.05) is 0 Å². The lowest BCUT2D eigenvalue weighted by molar-refractivity contribution is 0.0922. The van der Waals surface area contributed by atoms with Crippen molar-refractivity contribution in [3.05, 3.63) is 24.3 Å². The molecule has 0 aromatic heterocycles. The number of rotatable bonds is 2. The van der Waals surface area contributed by atoms with Gasteiger partial charge in [0, 0.05) is 37.4 Å². The molecule has 1 heterocycles. The van der Waals surface area contributed by atoms with Gasteiger partial charge in [-0.2, -0.15) is 4.31 Å². The third-order valence-corrected chi connectivity index (χ3v) is 5.62. The number of hydrogen-bond acceptors (Lipinski definition) is 4. The van der Waals surface area contributed by atoms with Crippen molar-refractivity contribution >= 4 is 15.7 Å². The molecule has 0 unspecified atom stereocenters. The van der Waals surface area contributed by atoms with E-state index in [1.165, 1.54) is 0 Å². The van der Waals surface area contributed by atoms with E-state index in [2.05, 4.69) is 25.7 Å². The lowest BCUT2D eigenvalue weighted by Gasteiger charge is -2.41. The van der Waals surface area contributed by atoms with Gasteiger partial charge in [-0.15, -0.1) is 0 Å². The molecule has 1 saturated heterocycles. The Labute approximate surface area is 121 Å². The summed E-state index contributed by atoms with van der Waals surface area (Å²) in [5.74, 6) is 0. The maximum Gasteiger partial charge on any atom is 0.243 e. The number of nitrogens with two attached hydrogens (primary N) is 1. The molecule has 6 heteroatoms. The first-order valence-corrected chi connectivity index (χ1v) is 8.26. The Morgan fingerprint density at radius 2 is 1.50 bits per heavy atom. The van der Waals surface area contributed by atoms with Crippen molar-refractivity contribution in [3.63, 3.8) is 0 Å². The van der Waals surface area contributed by atoms with Crippen LogP contribution >= 0.6 is 0 Å². The Morgan fingerprint density at radius 3 is 1.95 bits per heavy atom. The van der Waals surface area contributed by atoms with Crippen LogP contribution in [0.25, 0.3) is 0 Å². The number of sulfonamides is 1. The first-order valence-electron chi connectivity index (χ1n) is 6.82. The number of hydrogen-bond donors (Lipinski definition) is 1. The number of benzene rings is 1. The minimum absolute atomic E-state index is 0.0804. The fraction of sp³-hybridized carbons (Fsp3) is 0.571. The van der Waals surface area contributed by atoms with Gasteiger partial charge in [0.25, 0.3) is 0 Å². The van der Waals surface area contributed by atoms with Crippen molar-refractivity contribution in [2.24, 2.45) is 0 Å². The summed E-state index contributed by atoms with van der Waals surface area (Å²) in [7, 11) is -3.40. The van der Waals surface area contributed by atoms with Gasteiger partial charge in [0.1, 0.15) is 0 Å². The predicted molar refractivity (Wildman–Crippen MR) is 80.9 cm³/mol. The van der Waals surface area contributed by atoms with Crippen LogP contribution in [0.4, 0.5) is 5.69 Å². The van der Waals surface area contributed by atoms with Crippen molar-refractivity contribution < 1.29 is 8.42 Å². The zero-order valence-electron chi connectivity index (χ0n) is 12.3. The van der Waals surface area contributed by atoms with Crippen LogP contribution in [-0.4, -0.2) is 49.3 Å². The summed E-state index contributed by atoms with van der Waals surface area (Å²) >= 11 is 0. The molecule has 1 aromatic carbocycles. The van der Waals surface area contributed by atoms with Gasteiger partial charge in [-0.1, -0.05) is 0 Å². The SMILES string of the molecule is CC(C)(C)N1CCN(S(=O)(=O)c2ccc(N)cc2)CC1. The first kappa shape index (κ1) is 15.3. The van der Waals surface area contributed by atoms with Crippen molar-refractivity contribution in [2.75, 3.05) is 31.9 Å². The summed E-state index contributed by atoms with van der Waals surface area (Å²) in [6.07, 6.45) is 0. The van der Waals surface area contributed by atoms with Gasteiger partial charge < -0.3 is 5.73 Å². The number of piperazine rings is 1. The molecule has 0 saturated carbocycles. The third-order valence-electron chi connectivity index (χ3n) is 3.71. The summed E-state index contributed by atoms with van der Waals surface area (Å²) in [4.78, 5) is 2.62. The maximum absolute atomic E-state index is 12.5. The molecule has 0 bridgehead atoms. The highest BCUT2D eigenvalue weighted by atomic mass is 32.2. The second kappa shape index (κ2) is 5.35. The van der Waals surface area contributed by atoms with Gasteiger partial charge >= 0.3 is 0 Å². The molecule has 1 aliphatic heterocycles. The highest BCUT2D eigenvalue weighted by Crippen LogP contribution is 2.21. The number of nitrogen functional groups attached to an aromatic ring is 1. The molecule has 5 nitrogen and oxygen atoms in total. The van der Waals surface area contributed by atoms with Crippen LogP contribution in [0.3, 0.4) is 0 Å². The van der Waals surface area contributed by atoms with E-state index >= 15 is 0 Å². The van der Waals surface area contributed by atoms with E-state index in [9.17, 15) is 8.42 Å². The number of anilines is 1. The minimum atomic E-state index is -3.40. The topological polar surface area (TPSA) is 66.6 Å². The Hall–Kier alpha value is -1.11. The monoisotopic (exact) mass is 297 g/mol. The molecule has 1 aliphatic rings. The molecule has 1 aromatic rings. The average Bonchev–Trinajstić information content (AvgIpc) is 2.38. The van der Waals surface area contributed by atoms with Crippen molar-refractivity contribution in [2.45, 2.75) is 31.2 Å². The average molecular weight is 297 g/mol. The highest BCUT2D eigenvalue weighted by Gasteiger charge is 2.31. The second-order valence-corrected chi connectivity index (χ2v) is 8.07. The summed E-state index contributed by atoms with van der Waals surface area (Å²) in [5.41, 5.74) is 6.25. The third kappa shape index (κ3) is 3.13. The Bertz CT molecular complexity index is 553. The van der Waals surface area contributed by atoms with E-state index in [0.29, 0.717) is 23.7 Å². The maximum atomic E-state index is 12.5. The molecule has 0 aliphatic carbocycles. The van der Waals surface area contributed by atoms with Crippen molar-refractivity contribution in [3.8, 4) is 0 Å². The van der Waals surface area contributed by atoms with Crippen LogP contribution in [0.15, 0.2) is 29.2 Å². The minimum Gasteiger partial charge on any atom is -0.399 e. The van der Waals surface area contributed by atoms with E-state index in [4.69, 9.17) is 5.73 Å².